The fraction of sp³-hybridized carbons (Fsp3) is 0.393. The van der Waals surface area contributed by atoms with Gasteiger partial charge in [0.05, 0.1) is 0 Å². The number of ether oxygens (including phenoxy) is 1. The van der Waals surface area contributed by atoms with E-state index in [0.29, 0.717) is 12.5 Å². The minimum atomic E-state index is -0.400. The zero-order valence-electron chi connectivity index (χ0n) is 20.5. The number of benzene rings is 2. The van der Waals surface area contributed by atoms with Crippen LogP contribution in [0, 0.1) is 5.92 Å². The minimum absolute atomic E-state index is 0.0216. The van der Waals surface area contributed by atoms with Gasteiger partial charge in [0.1, 0.15) is 5.75 Å². The lowest BCUT2D eigenvalue weighted by Gasteiger charge is -2.54. The van der Waals surface area contributed by atoms with Crippen LogP contribution in [-0.2, 0) is 5.41 Å². The fourth-order valence-electron chi connectivity index (χ4n) is 6.66. The zero-order chi connectivity index (χ0) is 23.6. The molecule has 0 fully saturated rings. The molecule has 1 amide bonds. The van der Waals surface area contributed by atoms with Crippen LogP contribution in [0.2, 0.25) is 12.6 Å². The molecule has 2 unspecified atom stereocenters. The number of hydrogen-bond donors (Lipinski definition) is 0. The highest BCUT2D eigenvalue weighted by Crippen LogP contribution is 2.59. The smallest absolute Gasteiger partial charge is 0.410 e. The van der Waals surface area contributed by atoms with Crippen molar-refractivity contribution in [3.63, 3.8) is 0 Å². The summed E-state index contributed by atoms with van der Waals surface area (Å²) in [7, 11) is 2.27. The molecule has 2 aromatic rings. The van der Waals surface area contributed by atoms with Gasteiger partial charge in [-0.25, -0.2) is 4.79 Å². The van der Waals surface area contributed by atoms with Crippen molar-refractivity contribution in [3.8, 4) is 5.75 Å². The van der Waals surface area contributed by atoms with Crippen molar-refractivity contribution in [1.82, 2.24) is 4.90 Å². The monoisotopic (exact) mass is 442 g/mol. The van der Waals surface area contributed by atoms with Crippen LogP contribution in [0.1, 0.15) is 39.7 Å². The van der Waals surface area contributed by atoms with Gasteiger partial charge in [0.2, 0.25) is 0 Å². The molecule has 2 aromatic carbocycles. The number of rotatable bonds is 6. The van der Waals surface area contributed by atoms with Crippen LogP contribution in [0.15, 0.2) is 79.1 Å². The van der Waals surface area contributed by atoms with Crippen LogP contribution in [0.25, 0.3) is 0 Å². The SMILES string of the molecule is CCB(CC)C1(CC)N(C)c2ccccc2C1(C)C1C=CN(C(=O)Oc2ccccc2)C=C1. The summed E-state index contributed by atoms with van der Waals surface area (Å²) in [5, 5.41) is 0. The lowest BCUT2D eigenvalue weighted by atomic mass is 9.27. The van der Waals surface area contributed by atoms with Crippen LogP contribution < -0.4 is 9.64 Å². The van der Waals surface area contributed by atoms with E-state index in [1.54, 1.807) is 12.1 Å². The summed E-state index contributed by atoms with van der Waals surface area (Å²) in [6, 6.07) is 18.0. The van der Waals surface area contributed by atoms with Gasteiger partial charge in [-0.05, 0) is 30.2 Å². The summed E-state index contributed by atoms with van der Waals surface area (Å²) in [5.41, 5.74) is 2.56. The van der Waals surface area contributed by atoms with E-state index in [0.717, 1.165) is 19.1 Å². The third-order valence-corrected chi connectivity index (χ3v) is 8.26. The quantitative estimate of drug-likeness (QED) is 0.463. The van der Waals surface area contributed by atoms with E-state index in [4.69, 9.17) is 4.74 Å². The van der Waals surface area contributed by atoms with Gasteiger partial charge in [-0.1, -0.05) is 88.9 Å². The number of hydrogen-bond acceptors (Lipinski definition) is 3. The third kappa shape index (κ3) is 3.49. The number of para-hydroxylation sites is 2. The molecular formula is C28H35BN2O2. The van der Waals surface area contributed by atoms with Crippen LogP contribution in [0.5, 0.6) is 5.75 Å². The lowest BCUT2D eigenvalue weighted by molar-refractivity contribution is 0.180. The van der Waals surface area contributed by atoms with E-state index >= 15 is 0 Å². The lowest BCUT2D eigenvalue weighted by Crippen LogP contribution is -2.66. The molecule has 33 heavy (non-hydrogen) atoms. The summed E-state index contributed by atoms with van der Waals surface area (Å²) in [4.78, 5) is 16.8. The van der Waals surface area contributed by atoms with E-state index in [1.807, 2.05) is 30.6 Å². The number of allylic oxidation sites excluding steroid dienone is 2. The van der Waals surface area contributed by atoms with E-state index in [9.17, 15) is 4.79 Å². The molecule has 172 valence electrons. The second-order valence-corrected chi connectivity index (χ2v) is 9.37. The van der Waals surface area contributed by atoms with Crippen molar-refractivity contribution in [2.45, 2.75) is 57.6 Å². The Labute approximate surface area is 199 Å². The van der Waals surface area contributed by atoms with Crippen LogP contribution >= 0.6 is 0 Å². The number of likely N-dealkylation sites (N-methyl/N-ethyl adjacent to an activating group) is 1. The Kier molecular flexibility index (Phi) is 6.42. The molecule has 2 atom stereocenters. The first-order chi connectivity index (χ1) is 15.9. The van der Waals surface area contributed by atoms with E-state index in [1.165, 1.54) is 16.2 Å². The number of carbonyl (C=O) groups excluding carboxylic acids is 1. The van der Waals surface area contributed by atoms with Gasteiger partial charge < -0.3 is 9.64 Å². The molecule has 0 saturated heterocycles. The van der Waals surface area contributed by atoms with Crippen molar-refractivity contribution in [2.24, 2.45) is 5.92 Å². The highest BCUT2D eigenvalue weighted by Gasteiger charge is 2.62. The van der Waals surface area contributed by atoms with Gasteiger partial charge in [-0.3, -0.25) is 4.90 Å². The van der Waals surface area contributed by atoms with Gasteiger partial charge in [0, 0.05) is 41.9 Å². The summed E-state index contributed by atoms with van der Waals surface area (Å²) in [6.45, 7) is 9.94. The van der Waals surface area contributed by atoms with Crippen LogP contribution in [0.4, 0.5) is 10.5 Å². The van der Waals surface area contributed by atoms with Crippen LogP contribution in [0.3, 0.4) is 0 Å². The number of carbonyl (C=O) groups is 1. The van der Waals surface area contributed by atoms with E-state index in [2.05, 4.69) is 76.1 Å². The Hall–Kier alpha value is -2.95. The zero-order valence-corrected chi connectivity index (χ0v) is 20.5. The molecule has 5 heteroatoms. The van der Waals surface area contributed by atoms with Crippen molar-refractivity contribution in [2.75, 3.05) is 11.9 Å². The van der Waals surface area contributed by atoms with E-state index in [-0.39, 0.29) is 16.8 Å². The van der Waals surface area contributed by atoms with Gasteiger partial charge in [0.25, 0.3) is 0 Å². The van der Waals surface area contributed by atoms with Crippen molar-refractivity contribution in [1.29, 1.82) is 0 Å². The molecule has 2 heterocycles. The molecule has 4 rings (SSSR count). The second-order valence-electron chi connectivity index (χ2n) is 9.37. The van der Waals surface area contributed by atoms with Gasteiger partial charge >= 0.3 is 6.09 Å². The molecule has 0 spiro atoms. The number of amides is 1. The maximum Gasteiger partial charge on any atom is 0.423 e. The van der Waals surface area contributed by atoms with Crippen molar-refractivity contribution < 1.29 is 9.53 Å². The maximum atomic E-state index is 12.7. The highest BCUT2D eigenvalue weighted by molar-refractivity contribution is 6.63. The van der Waals surface area contributed by atoms with Crippen molar-refractivity contribution in [3.05, 3.63) is 84.7 Å². The molecule has 0 aromatic heterocycles. The standard InChI is InChI=1S/C28H35BN2O2/c1-6-28(29(7-2)8-3)27(4,24-16-12-13-17-25(24)30(28)5)22-18-20-31(21-19-22)26(32)33-23-14-10-9-11-15-23/h9-22H,6-8H2,1-5H3. The minimum Gasteiger partial charge on any atom is -0.410 e. The van der Waals surface area contributed by atoms with Gasteiger partial charge in [-0.2, -0.15) is 0 Å². The predicted octanol–water partition coefficient (Wildman–Crippen LogP) is 6.77. The predicted molar refractivity (Wildman–Crippen MR) is 138 cm³/mol. The number of fused-ring (bicyclic) bond motifs is 1. The molecular weight excluding hydrogens is 407 g/mol. The molecule has 2 aliphatic heterocycles. The molecule has 0 bridgehead atoms. The topological polar surface area (TPSA) is 32.8 Å². The van der Waals surface area contributed by atoms with Gasteiger partial charge in [0.15, 0.2) is 6.71 Å². The summed E-state index contributed by atoms with van der Waals surface area (Å²) >= 11 is 0. The fourth-order valence-corrected chi connectivity index (χ4v) is 6.66. The van der Waals surface area contributed by atoms with Crippen molar-refractivity contribution >= 4 is 18.5 Å². The maximum absolute atomic E-state index is 12.7. The average molecular weight is 442 g/mol. The molecule has 0 N–H and O–H groups in total. The Morgan fingerprint density at radius 2 is 1.58 bits per heavy atom. The summed E-state index contributed by atoms with van der Waals surface area (Å²) in [5.74, 6) is 0.702. The number of anilines is 1. The first-order valence-electron chi connectivity index (χ1n) is 12.2. The second kappa shape index (κ2) is 9.13. The largest absolute Gasteiger partial charge is 0.423 e. The highest BCUT2D eigenvalue weighted by atomic mass is 16.6. The van der Waals surface area contributed by atoms with E-state index < -0.39 is 6.09 Å². The first-order valence-corrected chi connectivity index (χ1v) is 12.2. The summed E-state index contributed by atoms with van der Waals surface area (Å²) in [6.07, 6.45) is 11.0. The molecule has 0 aliphatic carbocycles. The Balaban J connectivity index is 1.69. The first kappa shape index (κ1) is 23.2. The molecule has 0 radical (unpaired) electrons. The summed E-state index contributed by atoms with van der Waals surface area (Å²) < 4.78 is 5.52. The normalized spacial score (nSPS) is 24.2. The molecule has 0 saturated carbocycles. The Bertz CT molecular complexity index is 1030. The molecule has 4 nitrogen and oxygen atoms in total. The average Bonchev–Trinajstić information content (AvgIpc) is 3.06. The Morgan fingerprint density at radius 1 is 0.970 bits per heavy atom. The van der Waals surface area contributed by atoms with Gasteiger partial charge in [-0.15, -0.1) is 0 Å². The number of nitrogens with zero attached hydrogens (tertiary/aromatic N) is 2. The Morgan fingerprint density at radius 3 is 2.18 bits per heavy atom. The third-order valence-electron chi connectivity index (χ3n) is 8.26. The molecule has 2 aliphatic rings. The van der Waals surface area contributed by atoms with Crippen LogP contribution in [-0.4, -0.2) is 30.2 Å².